The minimum atomic E-state index is -4.30. The maximum Gasteiger partial charge on any atom is 0.389 e. The molecule has 0 aromatic rings. The van der Waals surface area contributed by atoms with E-state index >= 15 is 0 Å². The summed E-state index contributed by atoms with van der Waals surface area (Å²) in [5.74, 6) is -1.89. The Labute approximate surface area is 93.2 Å². The number of alkyl halides is 3. The lowest BCUT2D eigenvalue weighted by Gasteiger charge is -2.28. The monoisotopic (exact) mass is 238 g/mol. The molecule has 0 radical (unpaired) electrons. The smallest absolute Gasteiger partial charge is 0.389 e. The molecule has 1 fully saturated rings. The van der Waals surface area contributed by atoms with Crippen LogP contribution in [0.4, 0.5) is 13.2 Å². The fourth-order valence-electron chi connectivity index (χ4n) is 2.38. The van der Waals surface area contributed by atoms with Gasteiger partial charge < -0.3 is 4.74 Å². The number of halogens is 3. The maximum atomic E-state index is 12.3. The van der Waals surface area contributed by atoms with Crippen LogP contribution in [0.2, 0.25) is 0 Å². The Morgan fingerprint density at radius 2 is 1.88 bits per heavy atom. The molecular weight excluding hydrogens is 221 g/mol. The van der Waals surface area contributed by atoms with Crippen LogP contribution in [0.15, 0.2) is 0 Å². The van der Waals surface area contributed by atoms with E-state index < -0.39 is 24.5 Å². The fourth-order valence-corrected chi connectivity index (χ4v) is 2.38. The highest BCUT2D eigenvalue weighted by Gasteiger charge is 2.40. The number of carbonyl (C=O) groups excluding carboxylic acids is 1. The summed E-state index contributed by atoms with van der Waals surface area (Å²) >= 11 is 0. The van der Waals surface area contributed by atoms with Crippen molar-refractivity contribution in [3.05, 3.63) is 0 Å². The molecule has 0 bridgehead atoms. The molecule has 1 saturated carbocycles. The van der Waals surface area contributed by atoms with E-state index in [2.05, 4.69) is 4.74 Å². The first-order valence-corrected chi connectivity index (χ1v) is 5.58. The molecule has 2 nitrogen and oxygen atoms in total. The first kappa shape index (κ1) is 13.3. The molecule has 94 valence electrons. The molecule has 1 atom stereocenters. The Balaban J connectivity index is 2.65. The summed E-state index contributed by atoms with van der Waals surface area (Å²) in [5.41, 5.74) is 0. The molecule has 5 heteroatoms. The molecule has 16 heavy (non-hydrogen) atoms. The van der Waals surface area contributed by atoms with E-state index in [9.17, 15) is 18.0 Å². The molecule has 0 aliphatic heterocycles. The lowest BCUT2D eigenvalue weighted by Crippen LogP contribution is -2.31. The quantitative estimate of drug-likeness (QED) is 0.705. The van der Waals surface area contributed by atoms with Gasteiger partial charge in [-0.2, -0.15) is 13.2 Å². The van der Waals surface area contributed by atoms with Crippen LogP contribution >= 0.6 is 0 Å². The minimum Gasteiger partial charge on any atom is -0.469 e. The number of ether oxygens (including phenoxy) is 1. The van der Waals surface area contributed by atoms with Gasteiger partial charge >= 0.3 is 12.1 Å². The number of methoxy groups -OCH3 is 1. The third kappa shape index (κ3) is 4.02. The van der Waals surface area contributed by atoms with Gasteiger partial charge in [0, 0.05) is 0 Å². The Hall–Kier alpha value is -0.740. The molecule has 1 aliphatic carbocycles. The molecule has 0 amide bonds. The third-order valence-electron chi connectivity index (χ3n) is 3.17. The summed E-state index contributed by atoms with van der Waals surface area (Å²) in [6.45, 7) is 0. The summed E-state index contributed by atoms with van der Waals surface area (Å²) in [5, 5.41) is 0. The van der Waals surface area contributed by atoms with Gasteiger partial charge in [0.05, 0.1) is 19.4 Å². The average molecular weight is 238 g/mol. The van der Waals surface area contributed by atoms with E-state index in [-0.39, 0.29) is 5.92 Å². The van der Waals surface area contributed by atoms with Crippen LogP contribution < -0.4 is 0 Å². The molecule has 1 rings (SSSR count). The first-order chi connectivity index (χ1) is 7.44. The molecule has 0 heterocycles. The Morgan fingerprint density at radius 3 is 2.31 bits per heavy atom. The van der Waals surface area contributed by atoms with Gasteiger partial charge in [-0.05, 0) is 18.8 Å². The summed E-state index contributed by atoms with van der Waals surface area (Å²) in [6, 6.07) is 0. The van der Waals surface area contributed by atoms with Crippen LogP contribution in [0.3, 0.4) is 0 Å². The van der Waals surface area contributed by atoms with Crippen LogP contribution in [0.5, 0.6) is 0 Å². The molecule has 0 aromatic heterocycles. The summed E-state index contributed by atoms with van der Waals surface area (Å²) in [6.07, 6.45) is -1.06. The van der Waals surface area contributed by atoms with Crippen LogP contribution in [-0.4, -0.2) is 19.3 Å². The predicted molar refractivity (Wildman–Crippen MR) is 52.8 cm³/mol. The highest BCUT2D eigenvalue weighted by Crippen LogP contribution is 2.37. The van der Waals surface area contributed by atoms with Crippen molar-refractivity contribution >= 4 is 5.97 Å². The first-order valence-electron chi connectivity index (χ1n) is 5.58. The fraction of sp³-hybridized carbons (Fsp3) is 0.909. The standard InChI is InChI=1S/C11H17F3O2/c1-16-10(15)9(7-11(12,13)14)8-5-3-2-4-6-8/h8-9H,2-7H2,1H3. The highest BCUT2D eigenvalue weighted by atomic mass is 19.4. The summed E-state index contributed by atoms with van der Waals surface area (Å²) in [7, 11) is 1.15. The third-order valence-corrected chi connectivity index (χ3v) is 3.17. The molecule has 1 unspecified atom stereocenters. The minimum absolute atomic E-state index is 0.164. The average Bonchev–Trinajstić information content (AvgIpc) is 2.25. The van der Waals surface area contributed by atoms with Crippen LogP contribution in [-0.2, 0) is 9.53 Å². The largest absolute Gasteiger partial charge is 0.469 e. The van der Waals surface area contributed by atoms with E-state index in [4.69, 9.17) is 0 Å². The van der Waals surface area contributed by atoms with Crippen LogP contribution in [0, 0.1) is 11.8 Å². The van der Waals surface area contributed by atoms with Crippen molar-refractivity contribution in [1.29, 1.82) is 0 Å². The van der Waals surface area contributed by atoms with E-state index in [0.717, 1.165) is 26.4 Å². The number of esters is 1. The Morgan fingerprint density at radius 1 is 1.31 bits per heavy atom. The molecule has 0 saturated heterocycles. The molecule has 0 N–H and O–H groups in total. The van der Waals surface area contributed by atoms with Gasteiger partial charge in [-0.15, -0.1) is 0 Å². The van der Waals surface area contributed by atoms with Crippen LogP contribution in [0.1, 0.15) is 38.5 Å². The van der Waals surface area contributed by atoms with E-state index in [0.29, 0.717) is 12.8 Å². The summed E-state index contributed by atoms with van der Waals surface area (Å²) < 4.78 is 41.5. The van der Waals surface area contributed by atoms with Crippen molar-refractivity contribution in [2.24, 2.45) is 11.8 Å². The lowest BCUT2D eigenvalue weighted by molar-refractivity contribution is -0.171. The zero-order valence-electron chi connectivity index (χ0n) is 9.35. The van der Waals surface area contributed by atoms with Gasteiger partial charge in [0.2, 0.25) is 0 Å². The van der Waals surface area contributed by atoms with Crippen molar-refractivity contribution in [2.75, 3.05) is 7.11 Å². The normalized spacial score (nSPS) is 20.5. The highest BCUT2D eigenvalue weighted by molar-refractivity contribution is 5.72. The van der Waals surface area contributed by atoms with Crippen molar-refractivity contribution in [3.8, 4) is 0 Å². The van der Waals surface area contributed by atoms with E-state index in [1.807, 2.05) is 0 Å². The van der Waals surface area contributed by atoms with E-state index in [1.165, 1.54) is 0 Å². The molecular formula is C11H17F3O2. The van der Waals surface area contributed by atoms with Gasteiger partial charge in [-0.25, -0.2) is 0 Å². The zero-order chi connectivity index (χ0) is 12.2. The molecule has 0 aromatic carbocycles. The van der Waals surface area contributed by atoms with Gasteiger partial charge in [0.1, 0.15) is 0 Å². The van der Waals surface area contributed by atoms with E-state index in [1.54, 1.807) is 0 Å². The van der Waals surface area contributed by atoms with Crippen molar-refractivity contribution in [2.45, 2.75) is 44.7 Å². The van der Waals surface area contributed by atoms with Crippen molar-refractivity contribution in [3.63, 3.8) is 0 Å². The number of rotatable bonds is 3. The van der Waals surface area contributed by atoms with Gasteiger partial charge in [-0.1, -0.05) is 19.3 Å². The molecule has 0 spiro atoms. The van der Waals surface area contributed by atoms with Crippen molar-refractivity contribution in [1.82, 2.24) is 0 Å². The second kappa shape index (κ2) is 5.55. The number of hydrogen-bond acceptors (Lipinski definition) is 2. The maximum absolute atomic E-state index is 12.3. The molecule has 1 aliphatic rings. The lowest BCUT2D eigenvalue weighted by atomic mass is 9.78. The van der Waals surface area contributed by atoms with Crippen molar-refractivity contribution < 1.29 is 22.7 Å². The number of hydrogen-bond donors (Lipinski definition) is 0. The second-order valence-corrected chi connectivity index (χ2v) is 4.35. The van der Waals surface area contributed by atoms with Gasteiger partial charge in [-0.3, -0.25) is 4.79 Å². The Kier molecular flexibility index (Phi) is 4.62. The zero-order valence-corrected chi connectivity index (χ0v) is 9.35. The Bertz CT molecular complexity index is 232. The van der Waals surface area contributed by atoms with Gasteiger partial charge in [0.25, 0.3) is 0 Å². The summed E-state index contributed by atoms with van der Waals surface area (Å²) in [4.78, 5) is 11.4. The second-order valence-electron chi connectivity index (χ2n) is 4.35. The topological polar surface area (TPSA) is 26.3 Å². The SMILES string of the molecule is COC(=O)C(CC(F)(F)F)C1CCCCC1. The van der Waals surface area contributed by atoms with Gasteiger partial charge in [0.15, 0.2) is 0 Å². The number of carbonyl (C=O) groups is 1. The predicted octanol–water partition coefficient (Wildman–Crippen LogP) is 3.31. The van der Waals surface area contributed by atoms with Crippen LogP contribution in [0.25, 0.3) is 0 Å².